The van der Waals surface area contributed by atoms with Gasteiger partial charge in [0.1, 0.15) is 0 Å². The summed E-state index contributed by atoms with van der Waals surface area (Å²) in [5, 5.41) is 0. The van der Waals surface area contributed by atoms with E-state index in [9.17, 15) is 13.2 Å². The molecule has 0 N–H and O–H groups in total. The lowest BCUT2D eigenvalue weighted by atomic mass is 9.94. The van der Waals surface area contributed by atoms with Gasteiger partial charge in [0, 0.05) is 18.8 Å². The van der Waals surface area contributed by atoms with E-state index in [1.54, 1.807) is 0 Å². The molecule has 1 nitrogen and oxygen atoms in total. The van der Waals surface area contributed by atoms with Gasteiger partial charge in [-0.15, -0.1) is 0 Å². The summed E-state index contributed by atoms with van der Waals surface area (Å²) in [6, 6.07) is 0. The molecule has 1 aliphatic carbocycles. The molecule has 2 aliphatic rings. The Morgan fingerprint density at radius 3 is 2.31 bits per heavy atom. The van der Waals surface area contributed by atoms with Crippen molar-refractivity contribution in [1.29, 1.82) is 0 Å². The average Bonchev–Trinajstić information content (AvgIpc) is 2.29. The molecule has 1 heterocycles. The zero-order chi connectivity index (χ0) is 11.6. The number of alkyl halides is 3. The van der Waals surface area contributed by atoms with Crippen LogP contribution in [0.4, 0.5) is 13.2 Å². The molecule has 0 bridgehead atoms. The van der Waals surface area contributed by atoms with E-state index in [1.165, 1.54) is 18.5 Å². The summed E-state index contributed by atoms with van der Waals surface area (Å²) in [7, 11) is 0. The van der Waals surface area contributed by atoms with Crippen LogP contribution in [0.1, 0.15) is 38.5 Å². The van der Waals surface area contributed by atoms with Gasteiger partial charge in [0.2, 0.25) is 0 Å². The van der Waals surface area contributed by atoms with Gasteiger partial charge in [0.25, 0.3) is 0 Å². The highest BCUT2D eigenvalue weighted by molar-refractivity contribution is 5.05. The molecule has 16 heavy (non-hydrogen) atoms. The van der Waals surface area contributed by atoms with E-state index in [0.717, 1.165) is 12.8 Å². The molecular formula is C12H18F3N. The first kappa shape index (κ1) is 11.8. The maximum atomic E-state index is 12.5. The van der Waals surface area contributed by atoms with Crippen LogP contribution in [0.5, 0.6) is 0 Å². The van der Waals surface area contributed by atoms with Gasteiger partial charge in [0.05, 0.1) is 5.92 Å². The van der Waals surface area contributed by atoms with Crippen molar-refractivity contribution < 1.29 is 13.2 Å². The predicted octanol–water partition coefficient (Wildman–Crippen LogP) is 3.72. The number of likely N-dealkylation sites (tertiary alicyclic amines) is 1. The summed E-state index contributed by atoms with van der Waals surface area (Å²) in [4.78, 5) is 2.15. The number of nitrogens with zero attached hydrogens (tertiary/aromatic N) is 1. The first-order chi connectivity index (χ1) is 7.57. The van der Waals surface area contributed by atoms with Crippen molar-refractivity contribution in [1.82, 2.24) is 4.90 Å². The second-order valence-electron chi connectivity index (χ2n) is 4.74. The first-order valence-corrected chi connectivity index (χ1v) is 6.08. The Morgan fingerprint density at radius 1 is 1.12 bits per heavy atom. The molecular weight excluding hydrogens is 215 g/mol. The lowest BCUT2D eigenvalue weighted by Gasteiger charge is -2.36. The summed E-state index contributed by atoms with van der Waals surface area (Å²) in [5.41, 5.74) is 1.28. The third-order valence-corrected chi connectivity index (χ3v) is 3.63. The zero-order valence-electron chi connectivity index (χ0n) is 9.39. The Balaban J connectivity index is 1.87. The fraction of sp³-hybridized carbons (Fsp3) is 0.833. The van der Waals surface area contributed by atoms with Gasteiger partial charge in [-0.3, -0.25) is 0 Å². The van der Waals surface area contributed by atoms with Gasteiger partial charge in [-0.25, -0.2) is 0 Å². The topological polar surface area (TPSA) is 3.24 Å². The molecule has 0 atom stereocenters. The summed E-state index contributed by atoms with van der Waals surface area (Å²) in [6.45, 7) is 1.16. The van der Waals surface area contributed by atoms with E-state index in [1.807, 2.05) is 0 Å². The Kier molecular flexibility index (Phi) is 3.45. The number of hydrogen-bond acceptors (Lipinski definition) is 1. The number of hydrogen-bond donors (Lipinski definition) is 0. The van der Waals surface area contributed by atoms with E-state index >= 15 is 0 Å². The third kappa shape index (κ3) is 2.71. The van der Waals surface area contributed by atoms with Crippen LogP contribution in [0.2, 0.25) is 0 Å². The van der Waals surface area contributed by atoms with E-state index in [2.05, 4.69) is 11.0 Å². The fourth-order valence-electron chi connectivity index (χ4n) is 2.60. The first-order valence-electron chi connectivity index (χ1n) is 6.08. The van der Waals surface area contributed by atoms with Gasteiger partial charge < -0.3 is 4.90 Å². The highest BCUT2D eigenvalue weighted by atomic mass is 19.4. The van der Waals surface area contributed by atoms with Gasteiger partial charge in [-0.2, -0.15) is 13.2 Å². The van der Waals surface area contributed by atoms with Crippen molar-refractivity contribution in [3.8, 4) is 0 Å². The second-order valence-corrected chi connectivity index (χ2v) is 4.74. The number of allylic oxidation sites excluding steroid dienone is 2. The third-order valence-electron chi connectivity index (χ3n) is 3.63. The van der Waals surface area contributed by atoms with Gasteiger partial charge in [0.15, 0.2) is 0 Å². The van der Waals surface area contributed by atoms with Crippen molar-refractivity contribution in [2.75, 3.05) is 13.1 Å². The van der Waals surface area contributed by atoms with E-state index < -0.39 is 12.1 Å². The van der Waals surface area contributed by atoms with Crippen LogP contribution in [0.25, 0.3) is 0 Å². The maximum absolute atomic E-state index is 12.5. The lowest BCUT2D eigenvalue weighted by molar-refractivity contribution is -0.184. The van der Waals surface area contributed by atoms with Crippen LogP contribution in [-0.4, -0.2) is 24.2 Å². The molecule has 0 radical (unpaired) electrons. The molecule has 0 spiro atoms. The van der Waals surface area contributed by atoms with Gasteiger partial charge >= 0.3 is 6.18 Å². The zero-order valence-corrected chi connectivity index (χ0v) is 9.39. The molecule has 1 aliphatic heterocycles. The van der Waals surface area contributed by atoms with Crippen molar-refractivity contribution in [3.05, 3.63) is 11.8 Å². The van der Waals surface area contributed by atoms with E-state index in [0.29, 0.717) is 13.1 Å². The minimum Gasteiger partial charge on any atom is -0.375 e. The Morgan fingerprint density at radius 2 is 1.81 bits per heavy atom. The molecule has 1 saturated heterocycles. The van der Waals surface area contributed by atoms with Crippen molar-refractivity contribution in [2.45, 2.75) is 44.7 Å². The quantitative estimate of drug-likeness (QED) is 0.667. The van der Waals surface area contributed by atoms with Gasteiger partial charge in [-0.1, -0.05) is 6.08 Å². The average molecular weight is 233 g/mol. The molecule has 0 aromatic heterocycles. The predicted molar refractivity (Wildman–Crippen MR) is 56.9 cm³/mol. The minimum atomic E-state index is -3.99. The van der Waals surface area contributed by atoms with Crippen molar-refractivity contribution in [3.63, 3.8) is 0 Å². The van der Waals surface area contributed by atoms with Crippen LogP contribution >= 0.6 is 0 Å². The van der Waals surface area contributed by atoms with Gasteiger partial charge in [-0.05, 0) is 38.5 Å². The van der Waals surface area contributed by atoms with Crippen molar-refractivity contribution in [2.24, 2.45) is 5.92 Å². The molecule has 92 valence electrons. The molecule has 0 aromatic rings. The summed E-state index contributed by atoms with van der Waals surface area (Å²) >= 11 is 0. The highest BCUT2D eigenvalue weighted by Crippen LogP contribution is 2.35. The summed E-state index contributed by atoms with van der Waals surface area (Å²) in [5.74, 6) is -1.08. The number of halogens is 3. The Bertz CT molecular complexity index is 262. The maximum Gasteiger partial charge on any atom is 0.391 e. The molecule has 0 aromatic carbocycles. The minimum absolute atomic E-state index is 0.265. The summed E-state index contributed by atoms with van der Waals surface area (Å²) in [6.07, 6.45) is 3.30. The second kappa shape index (κ2) is 4.68. The molecule has 1 fully saturated rings. The van der Waals surface area contributed by atoms with Crippen LogP contribution in [0, 0.1) is 5.92 Å². The highest BCUT2D eigenvalue weighted by Gasteiger charge is 2.41. The van der Waals surface area contributed by atoms with Crippen LogP contribution < -0.4 is 0 Å². The SMILES string of the molecule is FC(F)(F)C1CCN(C2=CCCCC2)CC1. The normalized spacial score (nSPS) is 24.4. The smallest absolute Gasteiger partial charge is 0.375 e. The monoisotopic (exact) mass is 233 g/mol. The Labute approximate surface area is 94.3 Å². The van der Waals surface area contributed by atoms with E-state index in [-0.39, 0.29) is 12.8 Å². The van der Waals surface area contributed by atoms with Crippen molar-refractivity contribution >= 4 is 0 Å². The number of piperidine rings is 1. The number of rotatable bonds is 1. The Hall–Kier alpha value is -0.670. The molecule has 4 heteroatoms. The van der Waals surface area contributed by atoms with E-state index in [4.69, 9.17) is 0 Å². The molecule has 0 unspecified atom stereocenters. The standard InChI is InChI=1S/C12H18F3N/c13-12(14,15)10-6-8-16(9-7-10)11-4-2-1-3-5-11/h4,10H,1-3,5-9H2. The molecule has 0 amide bonds. The van der Waals surface area contributed by atoms with Crippen LogP contribution in [0.3, 0.4) is 0 Å². The molecule has 0 saturated carbocycles. The lowest BCUT2D eigenvalue weighted by Crippen LogP contribution is -2.38. The van der Waals surface area contributed by atoms with Crippen LogP contribution in [0.15, 0.2) is 11.8 Å². The summed E-state index contributed by atoms with van der Waals surface area (Å²) < 4.78 is 37.4. The molecule has 2 rings (SSSR count). The fourth-order valence-corrected chi connectivity index (χ4v) is 2.60. The largest absolute Gasteiger partial charge is 0.391 e. The van der Waals surface area contributed by atoms with Crippen LogP contribution in [-0.2, 0) is 0 Å².